The molecule has 1 aromatic rings. The van der Waals surface area contributed by atoms with Gasteiger partial charge in [0.25, 0.3) is 0 Å². The molecule has 0 saturated heterocycles. The minimum Gasteiger partial charge on any atom is -0.399 e. The number of hydrogen-bond donors (Lipinski definition) is 2. The van der Waals surface area contributed by atoms with Crippen molar-refractivity contribution in [3.05, 3.63) is 23.8 Å². The summed E-state index contributed by atoms with van der Waals surface area (Å²) in [5, 5.41) is 3.04. The van der Waals surface area contributed by atoms with Crippen molar-refractivity contribution in [3.8, 4) is 0 Å². The van der Waals surface area contributed by atoms with Crippen molar-refractivity contribution in [2.45, 2.75) is 45.4 Å². The molecule has 0 atom stereocenters. The second-order valence-electron chi connectivity index (χ2n) is 5.25. The molecule has 2 rings (SSSR count). The van der Waals surface area contributed by atoms with Crippen molar-refractivity contribution < 1.29 is 4.79 Å². The molecule has 0 unspecified atom stereocenters. The Morgan fingerprint density at radius 3 is 2.50 bits per heavy atom. The molecule has 1 aliphatic rings. The standard InChI is InChI=1S/C15H22N2O/c1-11-10-13(16)8-9-14(11)17-15(18)12-6-4-2-3-5-7-12/h8-10,12H,2-7,16H2,1H3,(H,17,18). The normalized spacial score (nSPS) is 17.2. The van der Waals surface area contributed by atoms with Gasteiger partial charge >= 0.3 is 0 Å². The van der Waals surface area contributed by atoms with Crippen molar-refractivity contribution in [1.82, 2.24) is 0 Å². The lowest BCUT2D eigenvalue weighted by molar-refractivity contribution is -0.120. The van der Waals surface area contributed by atoms with Crippen LogP contribution in [-0.4, -0.2) is 5.91 Å². The lowest BCUT2D eigenvalue weighted by Gasteiger charge is -2.15. The van der Waals surface area contributed by atoms with E-state index in [4.69, 9.17) is 5.73 Å². The number of carbonyl (C=O) groups excluding carboxylic acids is 1. The Kier molecular flexibility index (Phi) is 4.24. The van der Waals surface area contributed by atoms with E-state index in [1.165, 1.54) is 25.7 Å². The van der Waals surface area contributed by atoms with E-state index in [9.17, 15) is 4.79 Å². The molecule has 1 fully saturated rings. The van der Waals surface area contributed by atoms with Crippen molar-refractivity contribution >= 4 is 17.3 Å². The van der Waals surface area contributed by atoms with Gasteiger partial charge in [0.2, 0.25) is 5.91 Å². The number of aryl methyl sites for hydroxylation is 1. The molecule has 1 aliphatic carbocycles. The van der Waals surface area contributed by atoms with Crippen LogP contribution in [0.1, 0.15) is 44.1 Å². The van der Waals surface area contributed by atoms with Crippen molar-refractivity contribution in [3.63, 3.8) is 0 Å². The van der Waals surface area contributed by atoms with Crippen LogP contribution in [0.15, 0.2) is 18.2 Å². The van der Waals surface area contributed by atoms with Gasteiger partial charge in [-0.05, 0) is 43.5 Å². The monoisotopic (exact) mass is 246 g/mol. The molecule has 3 N–H and O–H groups in total. The van der Waals surface area contributed by atoms with Crippen LogP contribution < -0.4 is 11.1 Å². The van der Waals surface area contributed by atoms with E-state index in [1.54, 1.807) is 0 Å². The fourth-order valence-electron chi connectivity index (χ4n) is 2.60. The first kappa shape index (κ1) is 12.9. The molecular weight excluding hydrogens is 224 g/mol. The molecule has 1 saturated carbocycles. The van der Waals surface area contributed by atoms with E-state index in [1.807, 2.05) is 25.1 Å². The van der Waals surface area contributed by atoms with E-state index in [2.05, 4.69) is 5.32 Å². The molecule has 1 amide bonds. The SMILES string of the molecule is Cc1cc(N)ccc1NC(=O)C1CCCCCC1. The maximum Gasteiger partial charge on any atom is 0.227 e. The summed E-state index contributed by atoms with van der Waals surface area (Å²) in [5.41, 5.74) is 8.36. The second-order valence-corrected chi connectivity index (χ2v) is 5.25. The summed E-state index contributed by atoms with van der Waals surface area (Å²) in [6.07, 6.45) is 6.95. The van der Waals surface area contributed by atoms with Crippen LogP contribution >= 0.6 is 0 Å². The third kappa shape index (κ3) is 3.25. The molecule has 18 heavy (non-hydrogen) atoms. The average Bonchev–Trinajstić information content (AvgIpc) is 2.61. The summed E-state index contributed by atoms with van der Waals surface area (Å²) in [4.78, 5) is 12.2. The van der Waals surface area contributed by atoms with Crippen LogP contribution in [0.25, 0.3) is 0 Å². The van der Waals surface area contributed by atoms with Gasteiger partial charge in [0, 0.05) is 17.3 Å². The van der Waals surface area contributed by atoms with Gasteiger partial charge < -0.3 is 11.1 Å². The van der Waals surface area contributed by atoms with Crippen molar-refractivity contribution in [2.24, 2.45) is 5.92 Å². The third-order valence-electron chi connectivity index (χ3n) is 3.73. The molecular formula is C15H22N2O. The number of nitrogens with one attached hydrogen (secondary N) is 1. The topological polar surface area (TPSA) is 55.1 Å². The van der Waals surface area contributed by atoms with E-state index >= 15 is 0 Å². The number of benzene rings is 1. The van der Waals surface area contributed by atoms with Crippen LogP contribution in [0.4, 0.5) is 11.4 Å². The zero-order chi connectivity index (χ0) is 13.0. The van der Waals surface area contributed by atoms with Crippen LogP contribution in [0.2, 0.25) is 0 Å². The molecule has 98 valence electrons. The zero-order valence-electron chi connectivity index (χ0n) is 11.0. The van der Waals surface area contributed by atoms with Gasteiger partial charge in [-0.3, -0.25) is 4.79 Å². The fourth-order valence-corrected chi connectivity index (χ4v) is 2.60. The van der Waals surface area contributed by atoms with Crippen molar-refractivity contribution in [2.75, 3.05) is 11.1 Å². The number of hydrogen-bond acceptors (Lipinski definition) is 2. The van der Waals surface area contributed by atoms with Gasteiger partial charge in [0.15, 0.2) is 0 Å². The van der Waals surface area contributed by atoms with Crippen LogP contribution in [-0.2, 0) is 4.79 Å². The number of nitrogens with two attached hydrogens (primary N) is 1. The smallest absolute Gasteiger partial charge is 0.227 e. The Morgan fingerprint density at radius 2 is 1.89 bits per heavy atom. The quantitative estimate of drug-likeness (QED) is 0.620. The summed E-state index contributed by atoms with van der Waals surface area (Å²) in [5.74, 6) is 0.356. The number of nitrogen functional groups attached to an aromatic ring is 1. The average molecular weight is 246 g/mol. The summed E-state index contributed by atoms with van der Waals surface area (Å²) in [7, 11) is 0. The minimum absolute atomic E-state index is 0.171. The largest absolute Gasteiger partial charge is 0.399 e. The molecule has 0 heterocycles. The van der Waals surface area contributed by atoms with Crippen LogP contribution in [0.3, 0.4) is 0 Å². The summed E-state index contributed by atoms with van der Waals surface area (Å²) in [6.45, 7) is 1.97. The van der Waals surface area contributed by atoms with Gasteiger partial charge in [-0.25, -0.2) is 0 Å². The predicted octanol–water partition coefficient (Wildman–Crippen LogP) is 3.49. The summed E-state index contributed by atoms with van der Waals surface area (Å²) in [6, 6.07) is 5.61. The van der Waals surface area contributed by atoms with E-state index in [-0.39, 0.29) is 11.8 Å². The Hall–Kier alpha value is -1.51. The highest BCUT2D eigenvalue weighted by atomic mass is 16.1. The minimum atomic E-state index is 0.171. The molecule has 0 radical (unpaired) electrons. The molecule has 1 aromatic carbocycles. The summed E-state index contributed by atoms with van der Waals surface area (Å²) < 4.78 is 0. The molecule has 0 aliphatic heterocycles. The Morgan fingerprint density at radius 1 is 1.22 bits per heavy atom. The Labute approximate surface area is 109 Å². The van der Waals surface area contributed by atoms with Gasteiger partial charge in [-0.15, -0.1) is 0 Å². The molecule has 0 spiro atoms. The van der Waals surface area contributed by atoms with Gasteiger partial charge in [-0.2, -0.15) is 0 Å². The highest BCUT2D eigenvalue weighted by Gasteiger charge is 2.20. The lowest BCUT2D eigenvalue weighted by atomic mass is 9.99. The fraction of sp³-hybridized carbons (Fsp3) is 0.533. The van der Waals surface area contributed by atoms with Gasteiger partial charge in [-0.1, -0.05) is 25.7 Å². The highest BCUT2D eigenvalue weighted by Crippen LogP contribution is 2.25. The molecule has 0 bridgehead atoms. The number of carbonyl (C=O) groups is 1. The van der Waals surface area contributed by atoms with Crippen molar-refractivity contribution in [1.29, 1.82) is 0 Å². The first-order chi connectivity index (χ1) is 8.66. The number of amides is 1. The van der Waals surface area contributed by atoms with Crippen LogP contribution in [0.5, 0.6) is 0 Å². The third-order valence-corrected chi connectivity index (χ3v) is 3.73. The first-order valence-electron chi connectivity index (χ1n) is 6.84. The molecule has 3 nitrogen and oxygen atoms in total. The van der Waals surface area contributed by atoms with Crippen LogP contribution in [0, 0.1) is 12.8 Å². The summed E-state index contributed by atoms with van der Waals surface area (Å²) >= 11 is 0. The maximum atomic E-state index is 12.2. The Bertz CT molecular complexity index is 421. The predicted molar refractivity (Wildman–Crippen MR) is 75.4 cm³/mol. The lowest BCUT2D eigenvalue weighted by Crippen LogP contribution is -2.22. The van der Waals surface area contributed by atoms with Gasteiger partial charge in [0.05, 0.1) is 0 Å². The number of rotatable bonds is 2. The second kappa shape index (κ2) is 5.89. The highest BCUT2D eigenvalue weighted by molar-refractivity contribution is 5.93. The zero-order valence-corrected chi connectivity index (χ0v) is 11.0. The molecule has 0 aromatic heterocycles. The Balaban J connectivity index is 2.01. The van der Waals surface area contributed by atoms with E-state index in [0.717, 1.165) is 29.8 Å². The first-order valence-corrected chi connectivity index (χ1v) is 6.84. The van der Waals surface area contributed by atoms with Gasteiger partial charge in [0.1, 0.15) is 0 Å². The molecule has 3 heteroatoms. The number of anilines is 2. The van der Waals surface area contributed by atoms with E-state index in [0.29, 0.717) is 0 Å². The van der Waals surface area contributed by atoms with E-state index < -0.39 is 0 Å². The maximum absolute atomic E-state index is 12.2.